The maximum atomic E-state index is 13.1. The van der Waals surface area contributed by atoms with Crippen molar-refractivity contribution in [3.05, 3.63) is 45.9 Å². The van der Waals surface area contributed by atoms with E-state index in [1.807, 2.05) is 14.0 Å². The third kappa shape index (κ3) is 3.12. The highest BCUT2D eigenvalue weighted by molar-refractivity contribution is 9.10. The normalized spacial score (nSPS) is 12.6. The quantitative estimate of drug-likeness (QED) is 0.853. The van der Waals surface area contributed by atoms with Crippen molar-refractivity contribution in [3.63, 3.8) is 0 Å². The highest BCUT2D eigenvalue weighted by Gasteiger charge is 2.16. The Kier molecular flexibility index (Phi) is 4.52. The van der Waals surface area contributed by atoms with Crippen LogP contribution in [0.25, 0.3) is 0 Å². The lowest BCUT2D eigenvalue weighted by Gasteiger charge is -2.04. The molecule has 19 heavy (non-hydrogen) atoms. The lowest BCUT2D eigenvalue weighted by Crippen LogP contribution is -2.04. The van der Waals surface area contributed by atoms with E-state index in [2.05, 4.69) is 21.0 Å². The first kappa shape index (κ1) is 14.4. The summed E-state index contributed by atoms with van der Waals surface area (Å²) in [5, 5.41) is 4.35. The van der Waals surface area contributed by atoms with Crippen LogP contribution in [0.2, 0.25) is 0 Å². The highest BCUT2D eigenvalue weighted by Crippen LogP contribution is 2.24. The molecule has 0 aliphatic rings. The standard InChI is InChI=1S/C13H14BrFN2OS/c1-3-11-13(14)12(17(2)16-11)8-19(18)10-6-4-5-9(15)7-10/h4-7H,3,8H2,1-2H3. The Morgan fingerprint density at radius 1 is 1.47 bits per heavy atom. The molecule has 0 amide bonds. The molecule has 0 saturated heterocycles. The van der Waals surface area contributed by atoms with Gasteiger partial charge in [0.15, 0.2) is 0 Å². The van der Waals surface area contributed by atoms with Crippen LogP contribution in [0.4, 0.5) is 4.39 Å². The summed E-state index contributed by atoms with van der Waals surface area (Å²) in [6.07, 6.45) is 0.807. The molecule has 0 aliphatic carbocycles. The Morgan fingerprint density at radius 3 is 2.79 bits per heavy atom. The molecule has 1 aromatic heterocycles. The molecule has 1 unspecified atom stereocenters. The van der Waals surface area contributed by atoms with Gasteiger partial charge in [0.2, 0.25) is 0 Å². The van der Waals surface area contributed by atoms with E-state index < -0.39 is 10.8 Å². The lowest BCUT2D eigenvalue weighted by atomic mass is 10.3. The van der Waals surface area contributed by atoms with E-state index in [1.54, 1.807) is 16.8 Å². The summed E-state index contributed by atoms with van der Waals surface area (Å²) in [5.41, 5.74) is 1.80. The smallest absolute Gasteiger partial charge is 0.124 e. The topological polar surface area (TPSA) is 34.9 Å². The molecule has 1 atom stereocenters. The summed E-state index contributed by atoms with van der Waals surface area (Å²) in [6, 6.07) is 5.89. The molecule has 3 nitrogen and oxygen atoms in total. The van der Waals surface area contributed by atoms with Crippen LogP contribution in [-0.2, 0) is 30.0 Å². The Balaban J connectivity index is 2.27. The van der Waals surface area contributed by atoms with Gasteiger partial charge in [-0.15, -0.1) is 0 Å². The first-order valence-electron chi connectivity index (χ1n) is 5.87. The van der Waals surface area contributed by atoms with E-state index in [1.165, 1.54) is 12.1 Å². The molecule has 0 spiro atoms. The molecular weight excluding hydrogens is 331 g/mol. The van der Waals surface area contributed by atoms with E-state index in [-0.39, 0.29) is 5.82 Å². The number of benzene rings is 1. The number of aromatic nitrogens is 2. The van der Waals surface area contributed by atoms with Crippen LogP contribution in [0.1, 0.15) is 18.3 Å². The average molecular weight is 345 g/mol. The van der Waals surface area contributed by atoms with Crippen LogP contribution in [0, 0.1) is 5.82 Å². The first-order valence-corrected chi connectivity index (χ1v) is 7.98. The van der Waals surface area contributed by atoms with Gasteiger partial charge >= 0.3 is 0 Å². The predicted molar refractivity (Wildman–Crippen MR) is 76.8 cm³/mol. The monoisotopic (exact) mass is 344 g/mol. The third-order valence-corrected chi connectivity index (χ3v) is 5.06. The van der Waals surface area contributed by atoms with Gasteiger partial charge < -0.3 is 0 Å². The number of halogens is 2. The predicted octanol–water partition coefficient (Wildman–Crippen LogP) is 3.19. The van der Waals surface area contributed by atoms with Crippen LogP contribution >= 0.6 is 15.9 Å². The fourth-order valence-electron chi connectivity index (χ4n) is 1.79. The Bertz CT molecular complexity index is 627. The molecule has 102 valence electrons. The summed E-state index contributed by atoms with van der Waals surface area (Å²) in [5.74, 6) is -0.0581. The lowest BCUT2D eigenvalue weighted by molar-refractivity contribution is 0.622. The minimum Gasteiger partial charge on any atom is -0.270 e. The fraction of sp³-hybridized carbons (Fsp3) is 0.308. The van der Waals surface area contributed by atoms with Gasteiger partial charge in [-0.05, 0) is 40.5 Å². The van der Waals surface area contributed by atoms with Crippen molar-refractivity contribution in [2.45, 2.75) is 24.0 Å². The largest absolute Gasteiger partial charge is 0.270 e. The number of nitrogens with zero attached hydrogens (tertiary/aromatic N) is 2. The van der Waals surface area contributed by atoms with Crippen LogP contribution in [-0.4, -0.2) is 14.0 Å². The second-order valence-electron chi connectivity index (χ2n) is 4.13. The SMILES string of the molecule is CCc1nn(C)c(CS(=O)c2cccc(F)c2)c1Br. The van der Waals surface area contributed by atoms with Crippen molar-refractivity contribution in [1.29, 1.82) is 0 Å². The molecule has 0 fully saturated rings. The summed E-state index contributed by atoms with van der Waals surface area (Å²) >= 11 is 3.49. The van der Waals surface area contributed by atoms with Gasteiger partial charge in [0.25, 0.3) is 0 Å². The van der Waals surface area contributed by atoms with E-state index in [0.717, 1.165) is 22.3 Å². The van der Waals surface area contributed by atoms with Gasteiger partial charge in [0, 0.05) is 11.9 Å². The minimum atomic E-state index is -1.28. The van der Waals surface area contributed by atoms with E-state index in [9.17, 15) is 8.60 Å². The van der Waals surface area contributed by atoms with Crippen molar-refractivity contribution < 1.29 is 8.60 Å². The second kappa shape index (κ2) is 5.96. The summed E-state index contributed by atoms with van der Waals surface area (Å²) in [7, 11) is 0.537. The molecule has 0 N–H and O–H groups in total. The maximum Gasteiger partial charge on any atom is 0.124 e. The Labute approximate surface area is 122 Å². The minimum absolute atomic E-state index is 0.313. The summed E-state index contributed by atoms with van der Waals surface area (Å²) < 4.78 is 28.0. The Hall–Kier alpha value is -1.01. The molecule has 2 aromatic rings. The third-order valence-electron chi connectivity index (χ3n) is 2.83. The van der Waals surface area contributed by atoms with Crippen LogP contribution < -0.4 is 0 Å². The molecule has 1 aromatic carbocycles. The number of rotatable bonds is 4. The van der Waals surface area contributed by atoms with Crippen LogP contribution in [0.3, 0.4) is 0 Å². The first-order chi connectivity index (χ1) is 9.02. The number of hydrogen-bond donors (Lipinski definition) is 0. The van der Waals surface area contributed by atoms with Crippen molar-refractivity contribution in [3.8, 4) is 0 Å². The van der Waals surface area contributed by atoms with Gasteiger partial charge in [0.1, 0.15) is 5.82 Å². The molecule has 1 heterocycles. The number of aryl methyl sites for hydroxylation is 2. The number of hydrogen-bond acceptors (Lipinski definition) is 2. The van der Waals surface area contributed by atoms with E-state index >= 15 is 0 Å². The molecule has 0 bridgehead atoms. The van der Waals surface area contributed by atoms with Gasteiger partial charge in [-0.1, -0.05) is 13.0 Å². The zero-order chi connectivity index (χ0) is 14.0. The van der Waals surface area contributed by atoms with E-state index in [0.29, 0.717) is 10.6 Å². The zero-order valence-electron chi connectivity index (χ0n) is 10.7. The average Bonchev–Trinajstić information content (AvgIpc) is 2.66. The maximum absolute atomic E-state index is 13.1. The molecule has 6 heteroatoms. The molecular formula is C13H14BrFN2OS. The fourth-order valence-corrected chi connectivity index (χ4v) is 3.96. The molecule has 0 aliphatic heterocycles. The van der Waals surface area contributed by atoms with Crippen molar-refractivity contribution in [2.75, 3.05) is 0 Å². The van der Waals surface area contributed by atoms with Crippen molar-refractivity contribution >= 4 is 26.7 Å². The van der Waals surface area contributed by atoms with Crippen molar-refractivity contribution in [1.82, 2.24) is 9.78 Å². The van der Waals surface area contributed by atoms with Crippen LogP contribution in [0.5, 0.6) is 0 Å². The van der Waals surface area contributed by atoms with Crippen molar-refractivity contribution in [2.24, 2.45) is 7.05 Å². The molecule has 0 radical (unpaired) electrons. The second-order valence-corrected chi connectivity index (χ2v) is 6.38. The summed E-state index contributed by atoms with van der Waals surface area (Å²) in [6.45, 7) is 2.01. The zero-order valence-corrected chi connectivity index (χ0v) is 13.1. The highest BCUT2D eigenvalue weighted by atomic mass is 79.9. The molecule has 0 saturated carbocycles. The Morgan fingerprint density at radius 2 is 2.21 bits per heavy atom. The van der Waals surface area contributed by atoms with E-state index in [4.69, 9.17) is 0 Å². The molecule has 2 rings (SSSR count). The van der Waals surface area contributed by atoms with Crippen LogP contribution in [0.15, 0.2) is 33.6 Å². The van der Waals surface area contributed by atoms with Gasteiger partial charge in [0.05, 0.1) is 32.4 Å². The van der Waals surface area contributed by atoms with Gasteiger partial charge in [-0.3, -0.25) is 8.89 Å². The summed E-state index contributed by atoms with van der Waals surface area (Å²) in [4.78, 5) is 0.492. The van der Waals surface area contributed by atoms with Gasteiger partial charge in [-0.25, -0.2) is 4.39 Å². The van der Waals surface area contributed by atoms with Gasteiger partial charge in [-0.2, -0.15) is 5.10 Å².